The van der Waals surface area contributed by atoms with Crippen molar-refractivity contribution in [1.29, 1.82) is 0 Å². The molecule has 1 aromatic rings. The van der Waals surface area contributed by atoms with Gasteiger partial charge in [0.05, 0.1) is 12.7 Å². The molecule has 0 amide bonds. The molecule has 0 aliphatic heterocycles. The van der Waals surface area contributed by atoms with Gasteiger partial charge in [0.1, 0.15) is 0 Å². The maximum absolute atomic E-state index is 12.0. The van der Waals surface area contributed by atoms with Crippen LogP contribution in [0.4, 0.5) is 0 Å². The molecule has 7 heteroatoms. The normalized spacial score (nSPS) is 23.5. The maximum Gasteiger partial charge on any atom is 0.191 e. The van der Waals surface area contributed by atoms with Gasteiger partial charge in [0.15, 0.2) is 5.96 Å². The van der Waals surface area contributed by atoms with Gasteiger partial charge in [-0.15, -0.1) is 0 Å². The number of rotatable bonds is 6. The molecule has 1 aliphatic rings. The molecule has 6 nitrogen and oxygen atoms in total. The summed E-state index contributed by atoms with van der Waals surface area (Å²) in [6.45, 7) is 5.63. The highest BCUT2D eigenvalue weighted by atomic mass is 32.2. The molecule has 23 heavy (non-hydrogen) atoms. The van der Waals surface area contributed by atoms with Crippen LogP contribution in [0.15, 0.2) is 17.4 Å². The highest BCUT2D eigenvalue weighted by Gasteiger charge is 2.25. The molecule has 0 saturated heterocycles. The van der Waals surface area contributed by atoms with Gasteiger partial charge in [-0.25, -0.2) is 0 Å². The Bertz CT molecular complexity index is 542. The van der Waals surface area contributed by atoms with E-state index in [0.29, 0.717) is 11.3 Å². The van der Waals surface area contributed by atoms with Crippen molar-refractivity contribution in [3.63, 3.8) is 0 Å². The number of nitrogens with one attached hydrogen (secondary N) is 2. The van der Waals surface area contributed by atoms with Crippen LogP contribution in [-0.4, -0.2) is 50.6 Å². The third-order valence-corrected chi connectivity index (χ3v) is 5.98. The van der Waals surface area contributed by atoms with Crippen molar-refractivity contribution in [1.82, 2.24) is 20.4 Å². The standard InChI is InChI=1S/C16H29N5OS/c1-4-23(22)15-7-5-6-14(10-15)20-16(17-3)18-8-9-21-12-13(2)11-19-21/h11-12,14-15H,4-10H2,1-3H3,(H2,17,18,20). The van der Waals surface area contributed by atoms with Crippen LogP contribution in [0.2, 0.25) is 0 Å². The summed E-state index contributed by atoms with van der Waals surface area (Å²) in [4.78, 5) is 4.30. The first-order valence-corrected chi connectivity index (χ1v) is 9.84. The first kappa shape index (κ1) is 18.0. The van der Waals surface area contributed by atoms with E-state index < -0.39 is 10.8 Å². The van der Waals surface area contributed by atoms with Crippen molar-refractivity contribution in [2.75, 3.05) is 19.3 Å². The van der Waals surface area contributed by atoms with Gasteiger partial charge >= 0.3 is 0 Å². The van der Waals surface area contributed by atoms with Crippen LogP contribution >= 0.6 is 0 Å². The van der Waals surface area contributed by atoms with E-state index in [1.54, 1.807) is 7.05 Å². The molecule has 1 saturated carbocycles. The molecule has 1 fully saturated rings. The van der Waals surface area contributed by atoms with Crippen LogP contribution in [0.5, 0.6) is 0 Å². The third kappa shape index (κ3) is 5.64. The first-order chi connectivity index (χ1) is 11.1. The fraction of sp³-hybridized carbons (Fsp3) is 0.750. The molecule has 3 atom stereocenters. The third-order valence-electron chi connectivity index (χ3n) is 4.24. The Morgan fingerprint density at radius 3 is 3.00 bits per heavy atom. The molecule has 3 unspecified atom stereocenters. The van der Waals surface area contributed by atoms with Gasteiger partial charge in [-0.1, -0.05) is 13.3 Å². The minimum Gasteiger partial charge on any atom is -0.355 e. The summed E-state index contributed by atoms with van der Waals surface area (Å²) in [5.41, 5.74) is 1.17. The van der Waals surface area contributed by atoms with Crippen LogP contribution in [0.1, 0.15) is 38.2 Å². The van der Waals surface area contributed by atoms with E-state index in [2.05, 4.69) is 20.7 Å². The lowest BCUT2D eigenvalue weighted by molar-refractivity contribution is 0.413. The van der Waals surface area contributed by atoms with Crippen molar-refractivity contribution < 1.29 is 4.21 Å². The molecule has 2 N–H and O–H groups in total. The van der Waals surface area contributed by atoms with E-state index in [4.69, 9.17) is 0 Å². The summed E-state index contributed by atoms with van der Waals surface area (Å²) >= 11 is 0. The summed E-state index contributed by atoms with van der Waals surface area (Å²) in [6.07, 6.45) is 8.21. The van der Waals surface area contributed by atoms with Crippen LogP contribution in [0.3, 0.4) is 0 Å². The zero-order chi connectivity index (χ0) is 16.7. The largest absolute Gasteiger partial charge is 0.355 e. The number of guanidine groups is 1. The average molecular weight is 340 g/mol. The van der Waals surface area contributed by atoms with Gasteiger partial charge in [0, 0.05) is 47.6 Å². The van der Waals surface area contributed by atoms with Crippen molar-refractivity contribution in [2.45, 2.75) is 57.4 Å². The Kier molecular flexibility index (Phi) is 7.08. The Balaban J connectivity index is 1.76. The SMILES string of the molecule is CCS(=O)C1CCCC(NC(=NC)NCCn2cc(C)cn2)C1. The fourth-order valence-corrected chi connectivity index (χ4v) is 4.36. The zero-order valence-corrected chi connectivity index (χ0v) is 15.2. The molecular weight excluding hydrogens is 310 g/mol. The van der Waals surface area contributed by atoms with Crippen LogP contribution in [-0.2, 0) is 17.3 Å². The van der Waals surface area contributed by atoms with E-state index in [1.807, 2.05) is 30.9 Å². The molecule has 0 spiro atoms. The van der Waals surface area contributed by atoms with E-state index in [1.165, 1.54) is 5.56 Å². The lowest BCUT2D eigenvalue weighted by Crippen LogP contribution is -2.47. The number of aromatic nitrogens is 2. The van der Waals surface area contributed by atoms with E-state index >= 15 is 0 Å². The monoisotopic (exact) mass is 339 g/mol. The predicted molar refractivity (Wildman–Crippen MR) is 96.2 cm³/mol. The van der Waals surface area contributed by atoms with Gasteiger partial charge < -0.3 is 10.6 Å². The fourth-order valence-electron chi connectivity index (χ4n) is 3.02. The second-order valence-corrected chi connectivity index (χ2v) is 8.08. The topological polar surface area (TPSA) is 71.3 Å². The van der Waals surface area contributed by atoms with Gasteiger partial charge in [-0.2, -0.15) is 5.10 Å². The van der Waals surface area contributed by atoms with E-state index in [9.17, 15) is 4.21 Å². The number of aliphatic imine (C=N–C) groups is 1. The van der Waals surface area contributed by atoms with Gasteiger partial charge in [-0.05, 0) is 31.7 Å². The Morgan fingerprint density at radius 1 is 1.52 bits per heavy atom. The zero-order valence-electron chi connectivity index (χ0n) is 14.4. The Hall–Kier alpha value is -1.37. The quantitative estimate of drug-likeness (QED) is 0.608. The van der Waals surface area contributed by atoms with Gasteiger partial charge in [0.2, 0.25) is 0 Å². The van der Waals surface area contributed by atoms with E-state index in [-0.39, 0.29) is 0 Å². The van der Waals surface area contributed by atoms with Crippen molar-refractivity contribution in [3.8, 4) is 0 Å². The summed E-state index contributed by atoms with van der Waals surface area (Å²) in [5.74, 6) is 1.58. The summed E-state index contributed by atoms with van der Waals surface area (Å²) < 4.78 is 14.0. The molecular formula is C16H29N5OS. The van der Waals surface area contributed by atoms with Gasteiger partial charge in [-0.3, -0.25) is 13.9 Å². The number of hydrogen-bond donors (Lipinski definition) is 2. The molecule has 2 rings (SSSR count). The minimum absolute atomic E-state index is 0.330. The van der Waals surface area contributed by atoms with Crippen molar-refractivity contribution >= 4 is 16.8 Å². The molecule has 1 heterocycles. The molecule has 1 aromatic heterocycles. The second-order valence-electron chi connectivity index (χ2n) is 6.08. The number of aryl methyl sites for hydroxylation is 1. The summed E-state index contributed by atoms with van der Waals surface area (Å²) in [6, 6.07) is 0.363. The highest BCUT2D eigenvalue weighted by molar-refractivity contribution is 7.85. The number of nitrogens with zero attached hydrogens (tertiary/aromatic N) is 3. The molecule has 1 aliphatic carbocycles. The second kappa shape index (κ2) is 9.05. The summed E-state index contributed by atoms with van der Waals surface area (Å²) in [7, 11) is 1.10. The van der Waals surface area contributed by atoms with E-state index in [0.717, 1.165) is 50.5 Å². The molecule has 0 aromatic carbocycles. The van der Waals surface area contributed by atoms with Gasteiger partial charge in [0.25, 0.3) is 0 Å². The maximum atomic E-state index is 12.0. The lowest BCUT2D eigenvalue weighted by atomic mass is 9.95. The highest BCUT2D eigenvalue weighted by Crippen LogP contribution is 2.22. The van der Waals surface area contributed by atoms with Crippen molar-refractivity contribution in [2.24, 2.45) is 4.99 Å². The molecule has 0 radical (unpaired) electrons. The van der Waals surface area contributed by atoms with Crippen LogP contribution < -0.4 is 10.6 Å². The summed E-state index contributed by atoms with van der Waals surface area (Å²) in [5, 5.41) is 11.4. The molecule has 130 valence electrons. The van der Waals surface area contributed by atoms with Crippen LogP contribution in [0.25, 0.3) is 0 Å². The Labute approximate surface area is 141 Å². The molecule has 0 bridgehead atoms. The average Bonchev–Trinajstić information content (AvgIpc) is 2.98. The first-order valence-electron chi connectivity index (χ1n) is 8.45. The predicted octanol–water partition coefficient (Wildman–Crippen LogP) is 1.44. The number of hydrogen-bond acceptors (Lipinski definition) is 3. The lowest BCUT2D eigenvalue weighted by Gasteiger charge is -2.30. The minimum atomic E-state index is -0.691. The van der Waals surface area contributed by atoms with Crippen LogP contribution in [0, 0.1) is 6.92 Å². The van der Waals surface area contributed by atoms with Crippen molar-refractivity contribution in [3.05, 3.63) is 18.0 Å². The smallest absolute Gasteiger partial charge is 0.191 e. The Morgan fingerprint density at radius 2 is 2.35 bits per heavy atom.